The Balaban J connectivity index is 3.51. The Morgan fingerprint density at radius 1 is 1.80 bits per heavy atom. The standard InChI is InChI=1S/C6H10O4/c1-5(4-8)6(9)10-3-2-7/h4-5,7H,2-3H2,1H3. The summed E-state index contributed by atoms with van der Waals surface area (Å²) in [6, 6.07) is 0. The highest BCUT2D eigenvalue weighted by Gasteiger charge is 2.11. The lowest BCUT2D eigenvalue weighted by Gasteiger charge is -2.02. The van der Waals surface area contributed by atoms with Gasteiger partial charge in [-0.05, 0) is 6.92 Å². The van der Waals surface area contributed by atoms with E-state index in [1.54, 1.807) is 0 Å². The van der Waals surface area contributed by atoms with Crippen molar-refractivity contribution < 1.29 is 19.4 Å². The van der Waals surface area contributed by atoms with Gasteiger partial charge >= 0.3 is 5.97 Å². The number of carbonyl (C=O) groups excluding carboxylic acids is 2. The van der Waals surface area contributed by atoms with Crippen LogP contribution in [0.2, 0.25) is 0 Å². The number of aliphatic hydroxyl groups is 1. The summed E-state index contributed by atoms with van der Waals surface area (Å²) in [5.74, 6) is -1.32. The fraction of sp³-hybridized carbons (Fsp3) is 0.667. The maximum Gasteiger partial charge on any atom is 0.315 e. The Labute approximate surface area is 58.8 Å². The van der Waals surface area contributed by atoms with Gasteiger partial charge in [0.25, 0.3) is 0 Å². The van der Waals surface area contributed by atoms with Crippen LogP contribution in [0.4, 0.5) is 0 Å². The highest BCUT2D eigenvalue weighted by Crippen LogP contribution is 1.92. The summed E-state index contributed by atoms with van der Waals surface area (Å²) in [7, 11) is 0. The van der Waals surface area contributed by atoms with E-state index in [1.165, 1.54) is 6.92 Å². The zero-order chi connectivity index (χ0) is 7.98. The van der Waals surface area contributed by atoms with Gasteiger partial charge in [0.05, 0.1) is 6.61 Å². The van der Waals surface area contributed by atoms with Crippen molar-refractivity contribution in [1.29, 1.82) is 0 Å². The molecule has 4 nitrogen and oxygen atoms in total. The second kappa shape index (κ2) is 4.93. The number of aldehydes is 1. The number of carbonyl (C=O) groups is 2. The van der Waals surface area contributed by atoms with Crippen LogP contribution >= 0.6 is 0 Å². The van der Waals surface area contributed by atoms with Crippen LogP contribution in [-0.2, 0) is 14.3 Å². The van der Waals surface area contributed by atoms with E-state index in [4.69, 9.17) is 5.11 Å². The molecule has 0 aliphatic heterocycles. The first kappa shape index (κ1) is 9.10. The van der Waals surface area contributed by atoms with Crippen molar-refractivity contribution in [2.45, 2.75) is 6.92 Å². The Bertz CT molecular complexity index is 121. The summed E-state index contributed by atoms with van der Waals surface area (Å²) in [5.41, 5.74) is 0. The van der Waals surface area contributed by atoms with Crippen LogP contribution in [-0.4, -0.2) is 30.6 Å². The van der Waals surface area contributed by atoms with Crippen molar-refractivity contribution in [2.75, 3.05) is 13.2 Å². The third-order valence-corrected chi connectivity index (χ3v) is 0.912. The van der Waals surface area contributed by atoms with Gasteiger partial charge in [-0.2, -0.15) is 0 Å². The maximum absolute atomic E-state index is 10.6. The number of ether oxygens (including phenoxy) is 1. The Kier molecular flexibility index (Phi) is 4.49. The van der Waals surface area contributed by atoms with Crippen molar-refractivity contribution in [3.8, 4) is 0 Å². The molecule has 0 fully saturated rings. The average molecular weight is 146 g/mol. The Hall–Kier alpha value is -0.900. The molecule has 0 rings (SSSR count). The summed E-state index contributed by atoms with van der Waals surface area (Å²) in [6.07, 6.45) is 0.500. The molecule has 0 spiro atoms. The average Bonchev–Trinajstić information content (AvgIpc) is 1.98. The van der Waals surface area contributed by atoms with Gasteiger partial charge < -0.3 is 14.6 Å². The Morgan fingerprint density at radius 2 is 2.40 bits per heavy atom. The molecule has 1 unspecified atom stereocenters. The highest BCUT2D eigenvalue weighted by molar-refractivity contribution is 5.87. The lowest BCUT2D eigenvalue weighted by molar-refractivity contribution is -0.149. The van der Waals surface area contributed by atoms with Gasteiger partial charge in [0.1, 0.15) is 18.8 Å². The first-order chi connectivity index (χ1) is 4.72. The van der Waals surface area contributed by atoms with E-state index in [2.05, 4.69) is 4.74 Å². The second-order valence-electron chi connectivity index (χ2n) is 1.82. The molecule has 0 saturated carbocycles. The lowest BCUT2D eigenvalue weighted by Crippen LogP contribution is -2.17. The van der Waals surface area contributed by atoms with Gasteiger partial charge in [0, 0.05) is 0 Å². The second-order valence-corrected chi connectivity index (χ2v) is 1.82. The third kappa shape index (κ3) is 3.19. The molecule has 0 radical (unpaired) electrons. The van der Waals surface area contributed by atoms with E-state index in [-0.39, 0.29) is 13.2 Å². The summed E-state index contributed by atoms with van der Waals surface area (Å²) < 4.78 is 4.42. The van der Waals surface area contributed by atoms with Gasteiger partial charge in [-0.15, -0.1) is 0 Å². The minimum absolute atomic E-state index is 0.0446. The van der Waals surface area contributed by atoms with Crippen LogP contribution < -0.4 is 0 Å². The largest absolute Gasteiger partial charge is 0.463 e. The van der Waals surface area contributed by atoms with Crippen LogP contribution in [0.25, 0.3) is 0 Å². The summed E-state index contributed by atoms with van der Waals surface area (Å²) in [4.78, 5) is 20.5. The molecular formula is C6H10O4. The van der Waals surface area contributed by atoms with Crippen LogP contribution in [0, 0.1) is 5.92 Å². The first-order valence-electron chi connectivity index (χ1n) is 2.95. The molecule has 4 heteroatoms. The molecular weight excluding hydrogens is 136 g/mol. The fourth-order valence-corrected chi connectivity index (χ4v) is 0.333. The molecule has 0 saturated heterocycles. The third-order valence-electron chi connectivity index (χ3n) is 0.912. The summed E-state index contributed by atoms with van der Waals surface area (Å²) in [6.45, 7) is 1.18. The molecule has 0 aromatic heterocycles. The molecule has 58 valence electrons. The number of hydrogen-bond donors (Lipinski definition) is 1. The van der Waals surface area contributed by atoms with E-state index < -0.39 is 11.9 Å². The van der Waals surface area contributed by atoms with Gasteiger partial charge in [-0.3, -0.25) is 4.79 Å². The minimum atomic E-state index is -0.730. The van der Waals surface area contributed by atoms with Gasteiger partial charge in [-0.1, -0.05) is 0 Å². The zero-order valence-electron chi connectivity index (χ0n) is 5.74. The van der Waals surface area contributed by atoms with Gasteiger partial charge in [0.2, 0.25) is 0 Å². The zero-order valence-corrected chi connectivity index (χ0v) is 5.74. The smallest absolute Gasteiger partial charge is 0.315 e. The topological polar surface area (TPSA) is 63.6 Å². The predicted molar refractivity (Wildman–Crippen MR) is 33.3 cm³/mol. The van der Waals surface area contributed by atoms with Gasteiger partial charge in [-0.25, -0.2) is 0 Å². The molecule has 0 heterocycles. The predicted octanol–water partition coefficient (Wildman–Crippen LogP) is -0.643. The number of hydrogen-bond acceptors (Lipinski definition) is 4. The van der Waals surface area contributed by atoms with Crippen molar-refractivity contribution in [3.63, 3.8) is 0 Å². The van der Waals surface area contributed by atoms with Crippen molar-refractivity contribution in [1.82, 2.24) is 0 Å². The molecule has 10 heavy (non-hydrogen) atoms. The van der Waals surface area contributed by atoms with Crippen molar-refractivity contribution in [2.24, 2.45) is 5.92 Å². The van der Waals surface area contributed by atoms with E-state index in [0.717, 1.165) is 0 Å². The molecule has 0 amide bonds. The quantitative estimate of drug-likeness (QED) is 0.325. The number of esters is 1. The van der Waals surface area contributed by atoms with E-state index in [9.17, 15) is 9.59 Å². The molecule has 1 atom stereocenters. The van der Waals surface area contributed by atoms with Crippen LogP contribution in [0.5, 0.6) is 0 Å². The number of aliphatic hydroxyl groups excluding tert-OH is 1. The molecule has 1 N–H and O–H groups in total. The van der Waals surface area contributed by atoms with Gasteiger partial charge in [0.15, 0.2) is 0 Å². The first-order valence-corrected chi connectivity index (χ1v) is 2.95. The van der Waals surface area contributed by atoms with Crippen LogP contribution in [0.15, 0.2) is 0 Å². The molecule has 0 aromatic rings. The normalized spacial score (nSPS) is 12.2. The molecule has 0 aromatic carbocycles. The maximum atomic E-state index is 10.6. The SMILES string of the molecule is CC(C=O)C(=O)OCCO. The van der Waals surface area contributed by atoms with E-state index >= 15 is 0 Å². The van der Waals surface area contributed by atoms with Crippen LogP contribution in [0.3, 0.4) is 0 Å². The lowest BCUT2D eigenvalue weighted by atomic mass is 10.2. The highest BCUT2D eigenvalue weighted by atomic mass is 16.5. The van der Waals surface area contributed by atoms with E-state index in [1.807, 2.05) is 0 Å². The minimum Gasteiger partial charge on any atom is -0.463 e. The number of rotatable bonds is 4. The summed E-state index contributed by atoms with van der Waals surface area (Å²) in [5, 5.41) is 8.20. The fourth-order valence-electron chi connectivity index (χ4n) is 0.333. The summed E-state index contributed by atoms with van der Waals surface area (Å²) >= 11 is 0. The van der Waals surface area contributed by atoms with E-state index in [0.29, 0.717) is 6.29 Å². The monoisotopic (exact) mass is 146 g/mol. The van der Waals surface area contributed by atoms with Crippen molar-refractivity contribution in [3.05, 3.63) is 0 Å². The molecule has 0 aliphatic carbocycles. The molecule has 0 aliphatic rings. The Morgan fingerprint density at radius 3 is 2.80 bits per heavy atom. The molecule has 0 bridgehead atoms. The van der Waals surface area contributed by atoms with Crippen molar-refractivity contribution >= 4 is 12.3 Å². The van der Waals surface area contributed by atoms with Crippen LogP contribution in [0.1, 0.15) is 6.92 Å².